The molecular formula is C19H17F2NO3. The van der Waals surface area contributed by atoms with Gasteiger partial charge in [0.2, 0.25) is 5.91 Å². The summed E-state index contributed by atoms with van der Waals surface area (Å²) < 4.78 is 37.4. The maximum absolute atomic E-state index is 13.8. The highest BCUT2D eigenvalue weighted by molar-refractivity contribution is 5.88. The molecule has 0 aliphatic rings. The Morgan fingerprint density at radius 1 is 1.24 bits per heavy atom. The van der Waals surface area contributed by atoms with E-state index in [4.69, 9.17) is 9.15 Å². The molecule has 0 spiro atoms. The lowest BCUT2D eigenvalue weighted by Gasteiger charge is -2.15. The third-order valence-electron chi connectivity index (χ3n) is 4.02. The van der Waals surface area contributed by atoms with Crippen molar-refractivity contribution in [2.75, 3.05) is 7.11 Å². The van der Waals surface area contributed by atoms with Gasteiger partial charge in [-0.3, -0.25) is 4.79 Å². The van der Waals surface area contributed by atoms with Crippen molar-refractivity contribution in [3.05, 3.63) is 65.4 Å². The first-order valence-electron chi connectivity index (χ1n) is 7.76. The Kier molecular flexibility index (Phi) is 4.70. The van der Waals surface area contributed by atoms with E-state index in [0.717, 1.165) is 23.1 Å². The predicted octanol–water partition coefficient (Wildman–Crippen LogP) is 4.14. The molecule has 0 saturated heterocycles. The van der Waals surface area contributed by atoms with Crippen molar-refractivity contribution < 1.29 is 22.7 Å². The molecule has 6 heteroatoms. The summed E-state index contributed by atoms with van der Waals surface area (Å²) in [4.78, 5) is 12.3. The van der Waals surface area contributed by atoms with Gasteiger partial charge in [0.1, 0.15) is 23.0 Å². The summed E-state index contributed by atoms with van der Waals surface area (Å²) in [5, 5.41) is 3.53. The van der Waals surface area contributed by atoms with Gasteiger partial charge in [-0.15, -0.1) is 0 Å². The molecule has 0 aliphatic carbocycles. The second-order valence-electron chi connectivity index (χ2n) is 5.75. The van der Waals surface area contributed by atoms with Crippen LogP contribution in [0.4, 0.5) is 8.78 Å². The van der Waals surface area contributed by atoms with Crippen molar-refractivity contribution in [3.63, 3.8) is 0 Å². The fourth-order valence-electron chi connectivity index (χ4n) is 2.72. The van der Waals surface area contributed by atoms with E-state index < -0.39 is 17.7 Å². The van der Waals surface area contributed by atoms with E-state index in [1.54, 1.807) is 26.2 Å². The molecule has 3 aromatic rings. The molecule has 25 heavy (non-hydrogen) atoms. The van der Waals surface area contributed by atoms with Crippen LogP contribution >= 0.6 is 0 Å². The van der Waals surface area contributed by atoms with Crippen LogP contribution in [0.3, 0.4) is 0 Å². The number of carbonyl (C=O) groups is 1. The second-order valence-corrected chi connectivity index (χ2v) is 5.75. The molecule has 0 radical (unpaired) electrons. The molecule has 130 valence electrons. The van der Waals surface area contributed by atoms with Gasteiger partial charge in [0.15, 0.2) is 0 Å². The molecule has 2 aromatic carbocycles. The summed E-state index contributed by atoms with van der Waals surface area (Å²) in [5.41, 5.74) is 1.58. The zero-order valence-corrected chi connectivity index (χ0v) is 13.8. The molecule has 0 bridgehead atoms. The molecule has 1 heterocycles. The third kappa shape index (κ3) is 3.63. The van der Waals surface area contributed by atoms with Crippen molar-refractivity contribution in [1.82, 2.24) is 5.32 Å². The first-order valence-corrected chi connectivity index (χ1v) is 7.76. The number of benzene rings is 2. The first-order chi connectivity index (χ1) is 12.0. The molecule has 1 N–H and O–H groups in total. The van der Waals surface area contributed by atoms with E-state index in [1.165, 1.54) is 12.3 Å². The van der Waals surface area contributed by atoms with Gasteiger partial charge in [-0.25, -0.2) is 8.78 Å². The van der Waals surface area contributed by atoms with Crippen molar-refractivity contribution in [1.29, 1.82) is 0 Å². The predicted molar refractivity (Wildman–Crippen MR) is 89.4 cm³/mol. The number of hydrogen-bond donors (Lipinski definition) is 1. The van der Waals surface area contributed by atoms with Crippen LogP contribution in [0.2, 0.25) is 0 Å². The standard InChI is InChI=1S/C19H17F2NO3/c1-11(15-5-3-13(20)8-17(15)21)22-19(23)7-12-10-25-18-9-14(24-2)4-6-16(12)18/h3-6,8-11H,7H2,1-2H3,(H,22,23). The number of carbonyl (C=O) groups excluding carboxylic acids is 1. The SMILES string of the molecule is COc1ccc2c(CC(=O)NC(C)c3ccc(F)cc3F)coc2c1. The van der Waals surface area contributed by atoms with Crippen molar-refractivity contribution >= 4 is 16.9 Å². The van der Waals surface area contributed by atoms with E-state index in [0.29, 0.717) is 11.3 Å². The lowest BCUT2D eigenvalue weighted by atomic mass is 10.1. The van der Waals surface area contributed by atoms with Crippen LogP contribution < -0.4 is 10.1 Å². The molecule has 4 nitrogen and oxygen atoms in total. The Balaban J connectivity index is 1.72. The van der Waals surface area contributed by atoms with Crippen LogP contribution in [0.25, 0.3) is 11.0 Å². The zero-order valence-electron chi connectivity index (χ0n) is 13.8. The number of halogens is 2. The van der Waals surface area contributed by atoms with Crippen LogP contribution in [0.5, 0.6) is 5.75 Å². The van der Waals surface area contributed by atoms with Gasteiger partial charge in [-0.2, -0.15) is 0 Å². The summed E-state index contributed by atoms with van der Waals surface area (Å²) in [6.45, 7) is 1.65. The number of rotatable bonds is 5. The zero-order chi connectivity index (χ0) is 18.0. The number of amides is 1. The van der Waals surface area contributed by atoms with E-state index in [-0.39, 0.29) is 17.9 Å². The first kappa shape index (κ1) is 17.0. The Bertz CT molecular complexity index is 920. The number of hydrogen-bond acceptors (Lipinski definition) is 3. The minimum Gasteiger partial charge on any atom is -0.497 e. The number of methoxy groups -OCH3 is 1. The summed E-state index contributed by atoms with van der Waals surface area (Å²) >= 11 is 0. The average molecular weight is 345 g/mol. The summed E-state index contributed by atoms with van der Waals surface area (Å²) in [6.07, 6.45) is 1.61. The lowest BCUT2D eigenvalue weighted by molar-refractivity contribution is -0.121. The fraction of sp³-hybridized carbons (Fsp3) is 0.211. The largest absolute Gasteiger partial charge is 0.497 e. The third-order valence-corrected chi connectivity index (χ3v) is 4.02. The molecule has 3 rings (SSSR count). The van der Waals surface area contributed by atoms with Gasteiger partial charge < -0.3 is 14.5 Å². The maximum Gasteiger partial charge on any atom is 0.225 e. The smallest absolute Gasteiger partial charge is 0.225 e. The molecular weight excluding hydrogens is 328 g/mol. The Morgan fingerprint density at radius 2 is 2.04 bits per heavy atom. The number of fused-ring (bicyclic) bond motifs is 1. The topological polar surface area (TPSA) is 51.5 Å². The highest BCUT2D eigenvalue weighted by Gasteiger charge is 2.16. The van der Waals surface area contributed by atoms with Crippen molar-refractivity contribution in [3.8, 4) is 5.75 Å². The second kappa shape index (κ2) is 6.93. The van der Waals surface area contributed by atoms with Crippen LogP contribution in [0.1, 0.15) is 24.1 Å². The van der Waals surface area contributed by atoms with Gasteiger partial charge in [0.05, 0.1) is 25.8 Å². The monoisotopic (exact) mass is 345 g/mol. The van der Waals surface area contributed by atoms with Crippen LogP contribution in [-0.4, -0.2) is 13.0 Å². The maximum atomic E-state index is 13.8. The lowest BCUT2D eigenvalue weighted by Crippen LogP contribution is -2.28. The van der Waals surface area contributed by atoms with Gasteiger partial charge in [-0.1, -0.05) is 6.07 Å². The van der Waals surface area contributed by atoms with Crippen molar-refractivity contribution in [2.24, 2.45) is 0 Å². The Morgan fingerprint density at radius 3 is 2.76 bits per heavy atom. The molecule has 1 unspecified atom stereocenters. The summed E-state index contributed by atoms with van der Waals surface area (Å²) in [6, 6.07) is 8.07. The molecule has 0 fully saturated rings. The fourth-order valence-corrected chi connectivity index (χ4v) is 2.72. The van der Waals surface area contributed by atoms with Gasteiger partial charge in [-0.05, 0) is 25.1 Å². The molecule has 1 amide bonds. The summed E-state index contributed by atoms with van der Waals surface area (Å²) in [7, 11) is 1.56. The van der Waals surface area contributed by atoms with E-state index in [1.807, 2.05) is 6.07 Å². The van der Waals surface area contributed by atoms with Crippen LogP contribution in [0.15, 0.2) is 47.1 Å². The molecule has 1 aromatic heterocycles. The Hall–Kier alpha value is -2.89. The van der Waals surface area contributed by atoms with Crippen LogP contribution in [0, 0.1) is 11.6 Å². The van der Waals surface area contributed by atoms with E-state index in [2.05, 4.69) is 5.32 Å². The quantitative estimate of drug-likeness (QED) is 0.756. The van der Waals surface area contributed by atoms with Gasteiger partial charge in [0, 0.05) is 28.6 Å². The van der Waals surface area contributed by atoms with Crippen molar-refractivity contribution in [2.45, 2.75) is 19.4 Å². The average Bonchev–Trinajstić information content (AvgIpc) is 2.96. The van der Waals surface area contributed by atoms with Gasteiger partial charge in [0.25, 0.3) is 0 Å². The number of nitrogens with one attached hydrogen (secondary N) is 1. The Labute approximate surface area is 143 Å². The molecule has 0 saturated carbocycles. The summed E-state index contributed by atoms with van der Waals surface area (Å²) in [5.74, 6) is -0.957. The van der Waals surface area contributed by atoms with E-state index in [9.17, 15) is 13.6 Å². The highest BCUT2D eigenvalue weighted by atomic mass is 19.1. The minimum atomic E-state index is -0.686. The molecule has 1 atom stereocenters. The molecule has 0 aliphatic heterocycles. The number of furan rings is 1. The normalized spacial score (nSPS) is 12.2. The highest BCUT2D eigenvalue weighted by Crippen LogP contribution is 2.26. The minimum absolute atomic E-state index is 0.0898. The van der Waals surface area contributed by atoms with Crippen LogP contribution in [-0.2, 0) is 11.2 Å². The number of ether oxygens (including phenoxy) is 1. The van der Waals surface area contributed by atoms with E-state index >= 15 is 0 Å². The van der Waals surface area contributed by atoms with Gasteiger partial charge >= 0.3 is 0 Å².